The van der Waals surface area contributed by atoms with E-state index in [1.54, 1.807) is 0 Å². The van der Waals surface area contributed by atoms with E-state index in [-0.39, 0.29) is 6.61 Å². The molecule has 0 fully saturated rings. The van der Waals surface area contributed by atoms with E-state index >= 15 is 0 Å². The molecule has 1 atom stereocenters. The minimum Gasteiger partial charge on any atom is -0.396 e. The van der Waals surface area contributed by atoms with Gasteiger partial charge in [-0.1, -0.05) is 13.3 Å². The van der Waals surface area contributed by atoms with Gasteiger partial charge in [0.25, 0.3) is 0 Å². The van der Waals surface area contributed by atoms with E-state index in [0.717, 1.165) is 32.6 Å². The number of nitrogens with one attached hydrogen (secondary N) is 1. The largest absolute Gasteiger partial charge is 0.396 e. The molecule has 0 aliphatic carbocycles. The molecule has 0 aliphatic rings. The molecule has 0 spiro atoms. The Kier molecular flexibility index (Phi) is 9.87. The standard InChI is InChI=1S/C10H23NO2/c1-3-4-8-13-9-6-11-10(2)5-7-12/h10-12H,3-9H2,1-2H3. The van der Waals surface area contributed by atoms with Crippen molar-refractivity contribution in [2.45, 2.75) is 39.2 Å². The lowest BCUT2D eigenvalue weighted by molar-refractivity contribution is 0.130. The second kappa shape index (κ2) is 9.96. The van der Waals surface area contributed by atoms with E-state index in [0.29, 0.717) is 6.04 Å². The molecule has 0 saturated heterocycles. The average Bonchev–Trinajstić information content (AvgIpc) is 2.11. The van der Waals surface area contributed by atoms with Crippen molar-refractivity contribution in [2.24, 2.45) is 0 Å². The Balaban J connectivity index is 2.97. The highest BCUT2D eigenvalue weighted by Gasteiger charge is 1.98. The maximum absolute atomic E-state index is 8.64. The Labute approximate surface area is 81.5 Å². The molecule has 0 radical (unpaired) electrons. The van der Waals surface area contributed by atoms with E-state index in [2.05, 4.69) is 19.2 Å². The predicted octanol–water partition coefficient (Wildman–Crippen LogP) is 1.16. The third-order valence-electron chi connectivity index (χ3n) is 1.94. The SMILES string of the molecule is CCCCOCCNC(C)CCO. The summed E-state index contributed by atoms with van der Waals surface area (Å²) >= 11 is 0. The second-order valence-corrected chi connectivity index (χ2v) is 3.33. The summed E-state index contributed by atoms with van der Waals surface area (Å²) in [6.45, 7) is 7.01. The van der Waals surface area contributed by atoms with Gasteiger partial charge in [0.2, 0.25) is 0 Å². The predicted molar refractivity (Wildman–Crippen MR) is 54.9 cm³/mol. The van der Waals surface area contributed by atoms with Crippen LogP contribution in [0.3, 0.4) is 0 Å². The number of rotatable bonds is 9. The molecule has 0 rings (SSSR count). The molecule has 0 amide bonds. The van der Waals surface area contributed by atoms with Gasteiger partial charge in [0.15, 0.2) is 0 Å². The van der Waals surface area contributed by atoms with Crippen molar-refractivity contribution in [3.63, 3.8) is 0 Å². The fourth-order valence-corrected chi connectivity index (χ4v) is 1.02. The molecule has 0 heterocycles. The van der Waals surface area contributed by atoms with E-state index in [9.17, 15) is 0 Å². The Bertz CT molecular complexity index is 98.9. The first-order valence-corrected chi connectivity index (χ1v) is 5.23. The average molecular weight is 189 g/mol. The highest BCUT2D eigenvalue weighted by molar-refractivity contribution is 4.58. The number of aliphatic hydroxyl groups excluding tert-OH is 1. The van der Waals surface area contributed by atoms with Crippen LogP contribution in [0.1, 0.15) is 33.1 Å². The van der Waals surface area contributed by atoms with Crippen LogP contribution in [0.4, 0.5) is 0 Å². The van der Waals surface area contributed by atoms with Gasteiger partial charge >= 0.3 is 0 Å². The summed E-state index contributed by atoms with van der Waals surface area (Å²) in [5, 5.41) is 11.9. The minimum absolute atomic E-state index is 0.255. The monoisotopic (exact) mass is 189 g/mol. The van der Waals surface area contributed by atoms with Gasteiger partial charge in [-0.25, -0.2) is 0 Å². The van der Waals surface area contributed by atoms with Crippen molar-refractivity contribution in [1.82, 2.24) is 5.32 Å². The Morgan fingerprint density at radius 3 is 2.77 bits per heavy atom. The van der Waals surface area contributed by atoms with E-state index in [1.165, 1.54) is 6.42 Å². The molecule has 80 valence electrons. The number of hydrogen-bond acceptors (Lipinski definition) is 3. The third-order valence-corrected chi connectivity index (χ3v) is 1.94. The summed E-state index contributed by atoms with van der Waals surface area (Å²) in [5.74, 6) is 0. The smallest absolute Gasteiger partial charge is 0.0590 e. The van der Waals surface area contributed by atoms with Crippen molar-refractivity contribution in [3.8, 4) is 0 Å². The lowest BCUT2D eigenvalue weighted by Gasteiger charge is -2.11. The van der Waals surface area contributed by atoms with Crippen LogP contribution in [-0.4, -0.2) is 37.5 Å². The van der Waals surface area contributed by atoms with Crippen LogP contribution in [0.15, 0.2) is 0 Å². The van der Waals surface area contributed by atoms with Gasteiger partial charge in [0.05, 0.1) is 6.61 Å². The van der Waals surface area contributed by atoms with Crippen molar-refractivity contribution < 1.29 is 9.84 Å². The first kappa shape index (κ1) is 12.9. The minimum atomic E-state index is 0.255. The van der Waals surface area contributed by atoms with Gasteiger partial charge in [-0.05, 0) is 19.8 Å². The van der Waals surface area contributed by atoms with Crippen molar-refractivity contribution in [2.75, 3.05) is 26.4 Å². The van der Waals surface area contributed by atoms with Gasteiger partial charge < -0.3 is 15.2 Å². The normalized spacial score (nSPS) is 13.2. The Hall–Kier alpha value is -0.120. The van der Waals surface area contributed by atoms with Crippen LogP contribution < -0.4 is 5.32 Å². The number of ether oxygens (including phenoxy) is 1. The van der Waals surface area contributed by atoms with E-state index in [1.807, 2.05) is 0 Å². The zero-order valence-electron chi connectivity index (χ0n) is 8.88. The molecule has 0 aromatic rings. The zero-order chi connectivity index (χ0) is 9.94. The van der Waals surface area contributed by atoms with Crippen LogP contribution in [0.2, 0.25) is 0 Å². The molecule has 0 aromatic heterocycles. The Morgan fingerprint density at radius 1 is 1.38 bits per heavy atom. The summed E-state index contributed by atoms with van der Waals surface area (Å²) in [4.78, 5) is 0. The summed E-state index contributed by atoms with van der Waals surface area (Å²) in [7, 11) is 0. The first-order chi connectivity index (χ1) is 6.31. The molecule has 0 aromatic carbocycles. The summed E-state index contributed by atoms with van der Waals surface area (Å²) in [6, 6.07) is 0.389. The molecule has 0 aliphatic heterocycles. The van der Waals surface area contributed by atoms with Crippen LogP contribution in [-0.2, 0) is 4.74 Å². The number of hydrogen-bond donors (Lipinski definition) is 2. The zero-order valence-corrected chi connectivity index (χ0v) is 8.88. The van der Waals surface area contributed by atoms with Gasteiger partial charge in [-0.3, -0.25) is 0 Å². The van der Waals surface area contributed by atoms with Crippen molar-refractivity contribution in [3.05, 3.63) is 0 Å². The lowest BCUT2D eigenvalue weighted by Crippen LogP contribution is -2.30. The quantitative estimate of drug-likeness (QED) is 0.535. The van der Waals surface area contributed by atoms with Crippen LogP contribution >= 0.6 is 0 Å². The van der Waals surface area contributed by atoms with Crippen molar-refractivity contribution >= 4 is 0 Å². The molecule has 0 saturated carbocycles. The molecule has 3 nitrogen and oxygen atoms in total. The molecule has 13 heavy (non-hydrogen) atoms. The molecular formula is C10H23NO2. The highest BCUT2D eigenvalue weighted by Crippen LogP contribution is 1.89. The molecule has 0 bridgehead atoms. The summed E-state index contributed by atoms with van der Waals surface area (Å²) in [5.41, 5.74) is 0. The second-order valence-electron chi connectivity index (χ2n) is 3.33. The molecular weight excluding hydrogens is 166 g/mol. The maximum atomic E-state index is 8.64. The van der Waals surface area contributed by atoms with Gasteiger partial charge in [0.1, 0.15) is 0 Å². The Morgan fingerprint density at radius 2 is 2.15 bits per heavy atom. The fourth-order valence-electron chi connectivity index (χ4n) is 1.02. The fraction of sp³-hybridized carbons (Fsp3) is 1.00. The van der Waals surface area contributed by atoms with Gasteiger partial charge in [-0.2, -0.15) is 0 Å². The number of aliphatic hydroxyl groups is 1. The van der Waals surface area contributed by atoms with Gasteiger partial charge in [0, 0.05) is 25.8 Å². The summed E-state index contributed by atoms with van der Waals surface area (Å²) < 4.78 is 5.38. The van der Waals surface area contributed by atoms with E-state index < -0.39 is 0 Å². The van der Waals surface area contributed by atoms with Gasteiger partial charge in [-0.15, -0.1) is 0 Å². The number of unbranched alkanes of at least 4 members (excludes halogenated alkanes) is 1. The summed E-state index contributed by atoms with van der Waals surface area (Å²) in [6.07, 6.45) is 3.15. The molecule has 3 heteroatoms. The van der Waals surface area contributed by atoms with E-state index in [4.69, 9.17) is 9.84 Å². The molecule has 1 unspecified atom stereocenters. The van der Waals surface area contributed by atoms with Crippen LogP contribution in [0.25, 0.3) is 0 Å². The maximum Gasteiger partial charge on any atom is 0.0590 e. The topological polar surface area (TPSA) is 41.5 Å². The first-order valence-electron chi connectivity index (χ1n) is 5.23. The van der Waals surface area contributed by atoms with Crippen LogP contribution in [0.5, 0.6) is 0 Å². The molecule has 2 N–H and O–H groups in total. The van der Waals surface area contributed by atoms with Crippen LogP contribution in [0, 0.1) is 0 Å². The third kappa shape index (κ3) is 9.80. The lowest BCUT2D eigenvalue weighted by atomic mass is 10.2. The highest BCUT2D eigenvalue weighted by atomic mass is 16.5. The van der Waals surface area contributed by atoms with Crippen molar-refractivity contribution in [1.29, 1.82) is 0 Å².